The van der Waals surface area contributed by atoms with Crippen molar-refractivity contribution in [2.45, 2.75) is 12.8 Å². The molecule has 0 bridgehead atoms. The average Bonchev–Trinajstić information content (AvgIpc) is 2.90. The maximum atomic E-state index is 12.3. The Bertz CT molecular complexity index is 659. The van der Waals surface area contributed by atoms with Gasteiger partial charge in [-0.1, -0.05) is 0 Å². The van der Waals surface area contributed by atoms with Gasteiger partial charge in [0, 0.05) is 37.6 Å². The lowest BCUT2D eigenvalue weighted by Crippen LogP contribution is -2.34. The van der Waals surface area contributed by atoms with Crippen LogP contribution in [-0.2, 0) is 18.3 Å². The van der Waals surface area contributed by atoms with E-state index in [1.54, 1.807) is 34.1 Å². The van der Waals surface area contributed by atoms with Crippen LogP contribution < -0.4 is 4.90 Å². The fraction of sp³-hybridized carbons (Fsp3) is 0.267. The van der Waals surface area contributed by atoms with Crippen molar-refractivity contribution in [2.24, 2.45) is 7.05 Å². The minimum absolute atomic E-state index is 0.0113. The quantitative estimate of drug-likeness (QED) is 0.780. The summed E-state index contributed by atoms with van der Waals surface area (Å²) in [4.78, 5) is 18.5. The van der Waals surface area contributed by atoms with Gasteiger partial charge in [0.1, 0.15) is 0 Å². The van der Waals surface area contributed by atoms with Gasteiger partial charge in [0.15, 0.2) is 0 Å². The molecule has 1 aliphatic heterocycles. The molecule has 0 saturated heterocycles. The Kier molecular flexibility index (Phi) is 3.33. The number of hydrogen-bond acceptors (Lipinski definition) is 3. The molecule has 2 aromatic heterocycles. The molecule has 5 heteroatoms. The molecule has 2 aromatic rings. The average molecular weight is 268 g/mol. The van der Waals surface area contributed by atoms with Crippen LogP contribution in [0.1, 0.15) is 17.7 Å². The van der Waals surface area contributed by atoms with Crippen LogP contribution in [0.5, 0.6) is 0 Å². The minimum Gasteiger partial charge on any atom is -0.307 e. The fourth-order valence-corrected chi connectivity index (χ4v) is 2.41. The molecule has 0 saturated carbocycles. The maximum Gasteiger partial charge on any atom is 0.251 e. The normalized spacial score (nSPS) is 14.6. The van der Waals surface area contributed by atoms with Crippen molar-refractivity contribution in [2.75, 3.05) is 11.4 Å². The monoisotopic (exact) mass is 268 g/mol. The van der Waals surface area contributed by atoms with E-state index in [2.05, 4.69) is 10.1 Å². The van der Waals surface area contributed by atoms with E-state index in [-0.39, 0.29) is 5.91 Å². The van der Waals surface area contributed by atoms with Crippen molar-refractivity contribution in [1.29, 1.82) is 0 Å². The Morgan fingerprint density at radius 1 is 1.45 bits per heavy atom. The van der Waals surface area contributed by atoms with Crippen LogP contribution in [0, 0.1) is 0 Å². The summed E-state index contributed by atoms with van der Waals surface area (Å²) < 4.78 is 1.71. The first-order valence-electron chi connectivity index (χ1n) is 6.66. The Morgan fingerprint density at radius 3 is 3.15 bits per heavy atom. The molecular weight excluding hydrogens is 252 g/mol. The number of carbonyl (C=O) groups excluding carboxylic acids is 1. The highest BCUT2D eigenvalue weighted by Gasteiger charge is 2.21. The van der Waals surface area contributed by atoms with Gasteiger partial charge < -0.3 is 4.90 Å². The summed E-state index contributed by atoms with van der Waals surface area (Å²) in [6, 6.07) is 3.83. The molecule has 3 heterocycles. The highest BCUT2D eigenvalue weighted by Crippen LogP contribution is 2.25. The highest BCUT2D eigenvalue weighted by atomic mass is 16.2. The first kappa shape index (κ1) is 12.6. The summed E-state index contributed by atoms with van der Waals surface area (Å²) >= 11 is 0. The molecule has 0 atom stereocenters. The zero-order chi connectivity index (χ0) is 13.9. The molecule has 0 aliphatic carbocycles. The SMILES string of the molecule is Cn1cc(/C=C/C(=O)N2CCCc3ncccc32)cn1. The van der Waals surface area contributed by atoms with Crippen molar-refractivity contribution >= 4 is 17.7 Å². The number of nitrogens with zero attached hydrogens (tertiary/aromatic N) is 4. The molecule has 1 amide bonds. The van der Waals surface area contributed by atoms with E-state index in [1.807, 2.05) is 25.4 Å². The topological polar surface area (TPSA) is 51.0 Å². The van der Waals surface area contributed by atoms with Gasteiger partial charge in [-0.15, -0.1) is 0 Å². The third kappa shape index (κ3) is 2.47. The van der Waals surface area contributed by atoms with Gasteiger partial charge in [-0.05, 0) is 31.1 Å². The van der Waals surface area contributed by atoms with Crippen molar-refractivity contribution < 1.29 is 4.79 Å². The number of rotatable bonds is 2. The molecular formula is C15H16N4O. The minimum atomic E-state index is -0.0113. The summed E-state index contributed by atoms with van der Waals surface area (Å²) in [5.74, 6) is -0.0113. The Hall–Kier alpha value is -2.43. The van der Waals surface area contributed by atoms with Crippen LogP contribution in [0.3, 0.4) is 0 Å². The number of aromatic nitrogens is 3. The van der Waals surface area contributed by atoms with Crippen LogP contribution in [0.15, 0.2) is 36.8 Å². The van der Waals surface area contributed by atoms with Crippen LogP contribution in [0.4, 0.5) is 5.69 Å². The van der Waals surface area contributed by atoms with Crippen molar-refractivity contribution in [3.05, 3.63) is 48.1 Å². The lowest BCUT2D eigenvalue weighted by molar-refractivity contribution is -0.114. The van der Waals surface area contributed by atoms with Gasteiger partial charge in [0.05, 0.1) is 17.6 Å². The summed E-state index contributed by atoms with van der Waals surface area (Å²) in [7, 11) is 1.85. The molecule has 3 rings (SSSR count). The van der Waals surface area contributed by atoms with Gasteiger partial charge >= 0.3 is 0 Å². The molecule has 0 N–H and O–H groups in total. The zero-order valence-corrected chi connectivity index (χ0v) is 11.4. The maximum absolute atomic E-state index is 12.3. The molecule has 102 valence electrons. The lowest BCUT2D eigenvalue weighted by Gasteiger charge is -2.27. The third-order valence-corrected chi connectivity index (χ3v) is 3.36. The molecule has 5 nitrogen and oxygen atoms in total. The van der Waals surface area contributed by atoms with Gasteiger partial charge in [0.2, 0.25) is 0 Å². The van der Waals surface area contributed by atoms with Crippen LogP contribution in [0.2, 0.25) is 0 Å². The predicted octanol–water partition coefficient (Wildman–Crippen LogP) is 1.81. The number of pyridine rings is 1. The Balaban J connectivity index is 1.80. The van der Waals surface area contributed by atoms with Crippen molar-refractivity contribution in [3.8, 4) is 0 Å². The van der Waals surface area contributed by atoms with E-state index in [0.29, 0.717) is 0 Å². The number of anilines is 1. The molecule has 0 fully saturated rings. The summed E-state index contributed by atoms with van der Waals surface area (Å²) in [5, 5.41) is 4.07. The summed E-state index contributed by atoms with van der Waals surface area (Å²) in [6.07, 6.45) is 10.7. The van der Waals surface area contributed by atoms with Gasteiger partial charge in [-0.2, -0.15) is 5.10 Å². The highest BCUT2D eigenvalue weighted by molar-refractivity contribution is 6.04. The first-order chi connectivity index (χ1) is 9.74. The Labute approximate surface area is 117 Å². The number of fused-ring (bicyclic) bond motifs is 1. The molecule has 0 aromatic carbocycles. The van der Waals surface area contributed by atoms with Gasteiger partial charge in [-0.25, -0.2) is 0 Å². The fourth-order valence-electron chi connectivity index (χ4n) is 2.41. The van der Waals surface area contributed by atoms with Gasteiger partial charge in [0.25, 0.3) is 5.91 Å². The van der Waals surface area contributed by atoms with Crippen molar-refractivity contribution in [3.63, 3.8) is 0 Å². The second kappa shape index (κ2) is 5.28. The van der Waals surface area contributed by atoms with Crippen LogP contribution in [0.25, 0.3) is 6.08 Å². The lowest BCUT2D eigenvalue weighted by atomic mass is 10.1. The molecule has 0 radical (unpaired) electrons. The smallest absolute Gasteiger partial charge is 0.251 e. The number of hydrogen-bond donors (Lipinski definition) is 0. The second-order valence-corrected chi connectivity index (χ2v) is 4.84. The standard InChI is InChI=1S/C15H16N4O/c1-18-11-12(10-17-18)6-7-15(20)19-9-3-4-13-14(19)5-2-8-16-13/h2,5-8,10-11H,3-4,9H2,1H3/b7-6+. The predicted molar refractivity (Wildman–Crippen MR) is 77.2 cm³/mol. The second-order valence-electron chi connectivity index (χ2n) is 4.84. The zero-order valence-electron chi connectivity index (χ0n) is 11.4. The summed E-state index contributed by atoms with van der Waals surface area (Å²) in [6.45, 7) is 0.745. The molecule has 0 spiro atoms. The van der Waals surface area contributed by atoms with E-state index in [4.69, 9.17) is 0 Å². The number of carbonyl (C=O) groups is 1. The molecule has 0 unspecified atom stereocenters. The summed E-state index contributed by atoms with van der Waals surface area (Å²) in [5.41, 5.74) is 2.85. The van der Waals surface area contributed by atoms with Gasteiger partial charge in [-0.3, -0.25) is 14.5 Å². The van der Waals surface area contributed by atoms with E-state index in [0.717, 1.165) is 36.3 Å². The Morgan fingerprint density at radius 2 is 2.35 bits per heavy atom. The van der Waals surface area contributed by atoms with E-state index in [1.165, 1.54) is 0 Å². The van der Waals surface area contributed by atoms with E-state index >= 15 is 0 Å². The molecule has 1 aliphatic rings. The molecule has 20 heavy (non-hydrogen) atoms. The van der Waals surface area contributed by atoms with Crippen molar-refractivity contribution in [1.82, 2.24) is 14.8 Å². The van der Waals surface area contributed by atoms with Crippen LogP contribution >= 0.6 is 0 Å². The number of aryl methyl sites for hydroxylation is 2. The number of amides is 1. The first-order valence-corrected chi connectivity index (χ1v) is 6.66. The van der Waals surface area contributed by atoms with E-state index in [9.17, 15) is 4.79 Å². The van der Waals surface area contributed by atoms with Crippen LogP contribution in [-0.4, -0.2) is 27.2 Å². The largest absolute Gasteiger partial charge is 0.307 e. The van der Waals surface area contributed by atoms with E-state index < -0.39 is 0 Å². The third-order valence-electron chi connectivity index (χ3n) is 3.36.